The summed E-state index contributed by atoms with van der Waals surface area (Å²) < 4.78 is 10.9. The summed E-state index contributed by atoms with van der Waals surface area (Å²) in [6.07, 6.45) is 2.72. The highest BCUT2D eigenvalue weighted by atomic mass is 32.1. The topological polar surface area (TPSA) is 127 Å². The molecular weight excluding hydrogens is 458 g/mol. The number of ketones is 1. The third-order valence-corrected chi connectivity index (χ3v) is 6.38. The number of thiophene rings is 1. The number of amides is 1. The van der Waals surface area contributed by atoms with Gasteiger partial charge in [0, 0.05) is 29.7 Å². The van der Waals surface area contributed by atoms with Gasteiger partial charge in [-0.2, -0.15) is 0 Å². The van der Waals surface area contributed by atoms with Crippen molar-refractivity contribution in [3.8, 4) is 11.5 Å². The zero-order valence-electron chi connectivity index (χ0n) is 18.2. The molecule has 1 atom stereocenters. The number of aliphatic carboxylic acids is 1. The Labute approximate surface area is 199 Å². The van der Waals surface area contributed by atoms with Gasteiger partial charge in [-0.3, -0.25) is 14.6 Å². The summed E-state index contributed by atoms with van der Waals surface area (Å²) in [4.78, 5) is 42.1. The maximum atomic E-state index is 12.5. The van der Waals surface area contributed by atoms with Gasteiger partial charge in [-0.15, -0.1) is 11.3 Å². The van der Waals surface area contributed by atoms with E-state index < -0.39 is 12.1 Å². The van der Waals surface area contributed by atoms with E-state index in [1.807, 2.05) is 6.07 Å². The van der Waals surface area contributed by atoms with Crippen molar-refractivity contribution in [2.24, 2.45) is 0 Å². The molecule has 2 aromatic heterocycles. The first-order valence-electron chi connectivity index (χ1n) is 10.7. The maximum absolute atomic E-state index is 12.5. The average Bonchev–Trinajstić information content (AvgIpc) is 3.30. The van der Waals surface area contributed by atoms with Crippen LogP contribution >= 0.6 is 11.3 Å². The number of carboxylic acids is 1. The highest BCUT2D eigenvalue weighted by Crippen LogP contribution is 2.25. The Morgan fingerprint density at radius 2 is 2.00 bits per heavy atom. The molecule has 9 nitrogen and oxygen atoms in total. The van der Waals surface area contributed by atoms with Crippen molar-refractivity contribution in [1.29, 1.82) is 0 Å². The number of hydrogen-bond donors (Lipinski definition) is 3. The number of nitrogens with one attached hydrogen (secondary N) is 2. The van der Waals surface area contributed by atoms with Gasteiger partial charge < -0.3 is 25.2 Å². The quantitative estimate of drug-likeness (QED) is 0.377. The normalized spacial score (nSPS) is 13.4. The van der Waals surface area contributed by atoms with E-state index in [9.17, 15) is 19.5 Å². The SMILES string of the molecule is O=C(CNC(=O)c1cc2c(s1)CCNC2)c1ccc(OC(COc2cccnc2)C(=O)O)cc1. The summed E-state index contributed by atoms with van der Waals surface area (Å²) in [5, 5.41) is 15.3. The van der Waals surface area contributed by atoms with Crippen LogP contribution in [0.4, 0.5) is 0 Å². The highest BCUT2D eigenvalue weighted by molar-refractivity contribution is 7.14. The lowest BCUT2D eigenvalue weighted by molar-refractivity contribution is -0.146. The number of pyridine rings is 1. The van der Waals surface area contributed by atoms with Crippen molar-refractivity contribution in [3.05, 3.63) is 75.7 Å². The number of carboxylic acid groups (broad SMARTS) is 1. The number of carbonyl (C=O) groups excluding carboxylic acids is 2. The number of aromatic nitrogens is 1. The number of carbonyl (C=O) groups is 3. The summed E-state index contributed by atoms with van der Waals surface area (Å²) in [6.45, 7) is 1.30. The van der Waals surface area contributed by atoms with E-state index in [1.54, 1.807) is 18.3 Å². The minimum atomic E-state index is -1.24. The monoisotopic (exact) mass is 481 g/mol. The van der Waals surface area contributed by atoms with E-state index in [1.165, 1.54) is 46.7 Å². The number of nitrogens with zero attached hydrogens (tertiary/aromatic N) is 1. The van der Waals surface area contributed by atoms with Crippen LogP contribution in [-0.4, -0.2) is 53.6 Å². The van der Waals surface area contributed by atoms with Gasteiger partial charge in [0.2, 0.25) is 6.10 Å². The van der Waals surface area contributed by atoms with E-state index in [4.69, 9.17) is 9.47 Å². The number of Topliss-reactive ketones (excluding diaryl/α,β-unsaturated/α-hetero) is 1. The van der Waals surface area contributed by atoms with Crippen LogP contribution in [0.25, 0.3) is 0 Å². The standard InChI is InChI=1S/C24H23N3O6S/c28-19(13-27-23(29)22-10-16-11-26-9-7-21(16)34-22)15-3-5-17(6-4-15)33-20(24(30)31)14-32-18-2-1-8-25-12-18/h1-6,8,10,12,20,26H,7,9,11,13-14H2,(H,27,29)(H,30,31). The second-order valence-electron chi connectivity index (χ2n) is 7.56. The van der Waals surface area contributed by atoms with Crippen molar-refractivity contribution in [2.75, 3.05) is 19.7 Å². The second-order valence-corrected chi connectivity index (χ2v) is 8.70. The van der Waals surface area contributed by atoms with E-state index in [0.717, 1.165) is 25.1 Å². The summed E-state index contributed by atoms with van der Waals surface area (Å²) in [5.41, 5.74) is 1.51. The molecule has 1 amide bonds. The Bertz CT molecular complexity index is 1140. The van der Waals surface area contributed by atoms with Gasteiger partial charge in [-0.1, -0.05) is 0 Å². The van der Waals surface area contributed by atoms with Gasteiger partial charge in [0.1, 0.15) is 18.1 Å². The lowest BCUT2D eigenvalue weighted by atomic mass is 10.1. The molecule has 0 radical (unpaired) electrons. The minimum absolute atomic E-state index is 0.142. The summed E-state index contributed by atoms with van der Waals surface area (Å²) in [7, 11) is 0. The Morgan fingerprint density at radius 3 is 2.71 bits per heavy atom. The summed E-state index contributed by atoms with van der Waals surface area (Å²) in [6, 6.07) is 11.3. The van der Waals surface area contributed by atoms with E-state index in [2.05, 4.69) is 15.6 Å². The van der Waals surface area contributed by atoms with Crippen molar-refractivity contribution >= 4 is 29.0 Å². The van der Waals surface area contributed by atoms with Gasteiger partial charge in [0.25, 0.3) is 5.91 Å². The molecule has 0 saturated carbocycles. The molecule has 3 N–H and O–H groups in total. The van der Waals surface area contributed by atoms with Crippen LogP contribution in [0.3, 0.4) is 0 Å². The molecule has 34 heavy (non-hydrogen) atoms. The first-order chi connectivity index (χ1) is 16.5. The number of hydrogen-bond acceptors (Lipinski definition) is 8. The molecular formula is C24H23N3O6S. The Hall–Kier alpha value is -3.76. The van der Waals surface area contributed by atoms with Gasteiger partial charge >= 0.3 is 5.97 Å². The predicted molar refractivity (Wildman–Crippen MR) is 125 cm³/mol. The largest absolute Gasteiger partial charge is 0.487 e. The summed E-state index contributed by atoms with van der Waals surface area (Å²) in [5.74, 6) is -1.01. The molecule has 176 valence electrons. The third-order valence-electron chi connectivity index (χ3n) is 5.14. The number of fused-ring (bicyclic) bond motifs is 1. The molecule has 0 spiro atoms. The molecule has 3 heterocycles. The van der Waals surface area contributed by atoms with Crippen LogP contribution in [0.15, 0.2) is 54.9 Å². The van der Waals surface area contributed by atoms with E-state index in [0.29, 0.717) is 16.2 Å². The molecule has 1 unspecified atom stereocenters. The van der Waals surface area contributed by atoms with Crippen molar-refractivity contribution in [2.45, 2.75) is 19.1 Å². The van der Waals surface area contributed by atoms with Gasteiger partial charge in [-0.05, 0) is 54.4 Å². The van der Waals surface area contributed by atoms with E-state index >= 15 is 0 Å². The van der Waals surface area contributed by atoms with Crippen LogP contribution in [-0.2, 0) is 17.8 Å². The summed E-state index contributed by atoms with van der Waals surface area (Å²) >= 11 is 1.46. The zero-order chi connectivity index (χ0) is 23.9. The van der Waals surface area contributed by atoms with Crippen molar-refractivity contribution < 1.29 is 29.0 Å². The van der Waals surface area contributed by atoms with Crippen molar-refractivity contribution in [1.82, 2.24) is 15.6 Å². The lowest BCUT2D eigenvalue weighted by Gasteiger charge is -2.16. The maximum Gasteiger partial charge on any atom is 0.348 e. The molecule has 1 aliphatic rings. The van der Waals surface area contributed by atoms with Crippen LogP contribution < -0.4 is 20.1 Å². The van der Waals surface area contributed by atoms with Crippen molar-refractivity contribution in [3.63, 3.8) is 0 Å². The fraction of sp³-hybridized carbons (Fsp3) is 0.250. The van der Waals surface area contributed by atoms with E-state index in [-0.39, 0.29) is 30.6 Å². The van der Waals surface area contributed by atoms with Crippen LogP contribution in [0.2, 0.25) is 0 Å². The number of rotatable bonds is 10. The molecule has 0 bridgehead atoms. The van der Waals surface area contributed by atoms with Gasteiger partial charge in [-0.25, -0.2) is 4.79 Å². The molecule has 0 aliphatic carbocycles. The fourth-order valence-electron chi connectivity index (χ4n) is 3.36. The van der Waals surface area contributed by atoms with Crippen LogP contribution in [0, 0.1) is 0 Å². The zero-order valence-corrected chi connectivity index (χ0v) is 19.0. The Kier molecular flexibility index (Phi) is 7.51. The molecule has 4 rings (SSSR count). The average molecular weight is 482 g/mol. The first-order valence-corrected chi connectivity index (χ1v) is 11.5. The number of benzene rings is 1. The van der Waals surface area contributed by atoms with Gasteiger partial charge in [0.15, 0.2) is 5.78 Å². The highest BCUT2D eigenvalue weighted by Gasteiger charge is 2.21. The molecule has 0 saturated heterocycles. The molecule has 1 aromatic carbocycles. The van der Waals surface area contributed by atoms with Crippen LogP contribution in [0.1, 0.15) is 30.5 Å². The predicted octanol–water partition coefficient (Wildman–Crippen LogP) is 2.31. The van der Waals surface area contributed by atoms with Gasteiger partial charge in [0.05, 0.1) is 17.6 Å². The Morgan fingerprint density at radius 1 is 1.18 bits per heavy atom. The molecule has 1 aliphatic heterocycles. The first kappa shape index (κ1) is 23.4. The molecule has 0 fully saturated rings. The Balaban J connectivity index is 1.29. The minimum Gasteiger partial charge on any atom is -0.487 e. The fourth-order valence-corrected chi connectivity index (χ4v) is 4.46. The second kappa shape index (κ2) is 10.9. The number of ether oxygens (including phenoxy) is 2. The smallest absolute Gasteiger partial charge is 0.348 e. The molecule has 10 heteroatoms. The third kappa shape index (κ3) is 5.97. The molecule has 3 aromatic rings. The lowest BCUT2D eigenvalue weighted by Crippen LogP contribution is -2.33. The van der Waals surface area contributed by atoms with Crippen LogP contribution in [0.5, 0.6) is 11.5 Å².